The molecule has 0 fully saturated rings. The monoisotopic (exact) mass is 316 g/mol. The molecule has 0 bridgehead atoms. The first-order valence-electron chi connectivity index (χ1n) is 5.52. The summed E-state index contributed by atoms with van der Waals surface area (Å²) in [6, 6.07) is 9.93. The van der Waals surface area contributed by atoms with Crippen molar-refractivity contribution in [1.82, 2.24) is 0 Å². The van der Waals surface area contributed by atoms with Gasteiger partial charge in [-0.2, -0.15) is 8.78 Å². The van der Waals surface area contributed by atoms with Crippen molar-refractivity contribution >= 4 is 29.0 Å². The van der Waals surface area contributed by atoms with Crippen LogP contribution in [0.5, 0.6) is 5.75 Å². The number of ketones is 1. The lowest BCUT2D eigenvalue weighted by molar-refractivity contribution is -0.0498. The van der Waals surface area contributed by atoms with Crippen LogP contribution in [0.4, 0.5) is 8.78 Å². The minimum Gasteiger partial charge on any atom is -0.435 e. The maximum atomic E-state index is 12.2. The highest BCUT2D eigenvalue weighted by atomic mass is 35.5. The Labute approximate surface area is 123 Å². The van der Waals surface area contributed by atoms with E-state index < -0.39 is 6.61 Å². The quantitative estimate of drug-likeness (QED) is 0.755. The van der Waals surface area contributed by atoms with E-state index in [9.17, 15) is 13.6 Å². The molecule has 0 radical (unpaired) electrons. The fraction of sp³-hybridized carbons (Fsp3) is 0.0714. The molecule has 0 saturated carbocycles. The molecule has 2 nitrogen and oxygen atoms in total. The fourth-order valence-corrected chi connectivity index (χ4v) is 1.89. The van der Waals surface area contributed by atoms with Gasteiger partial charge in [0.2, 0.25) is 0 Å². The molecule has 20 heavy (non-hydrogen) atoms. The Morgan fingerprint density at radius 1 is 0.950 bits per heavy atom. The summed E-state index contributed by atoms with van der Waals surface area (Å²) in [7, 11) is 0. The van der Waals surface area contributed by atoms with Gasteiger partial charge in [-0.05, 0) is 42.5 Å². The zero-order chi connectivity index (χ0) is 14.7. The predicted molar refractivity (Wildman–Crippen MR) is 73.0 cm³/mol. The smallest absolute Gasteiger partial charge is 0.387 e. The van der Waals surface area contributed by atoms with Crippen molar-refractivity contribution in [2.75, 3.05) is 0 Å². The summed E-state index contributed by atoms with van der Waals surface area (Å²) < 4.78 is 28.2. The van der Waals surface area contributed by atoms with Crippen molar-refractivity contribution < 1.29 is 18.3 Å². The Hall–Kier alpha value is -1.65. The van der Waals surface area contributed by atoms with E-state index in [1.807, 2.05) is 0 Å². The zero-order valence-electron chi connectivity index (χ0n) is 9.95. The van der Waals surface area contributed by atoms with Crippen molar-refractivity contribution in [3.05, 3.63) is 63.6 Å². The lowest BCUT2D eigenvalue weighted by atomic mass is 10.0. The summed E-state index contributed by atoms with van der Waals surface area (Å²) in [5.41, 5.74) is 0.701. The van der Waals surface area contributed by atoms with E-state index in [1.165, 1.54) is 36.4 Å². The highest BCUT2D eigenvalue weighted by molar-refractivity contribution is 6.42. The SMILES string of the molecule is O=C(c1ccc(OC(F)F)cc1)c1ccc(Cl)c(Cl)c1. The Morgan fingerprint density at radius 2 is 1.55 bits per heavy atom. The highest BCUT2D eigenvalue weighted by Crippen LogP contribution is 2.24. The van der Waals surface area contributed by atoms with Crippen LogP contribution in [0.15, 0.2) is 42.5 Å². The van der Waals surface area contributed by atoms with Crippen molar-refractivity contribution in [2.24, 2.45) is 0 Å². The fourth-order valence-electron chi connectivity index (χ4n) is 1.59. The highest BCUT2D eigenvalue weighted by Gasteiger charge is 2.11. The van der Waals surface area contributed by atoms with Crippen LogP contribution in [-0.4, -0.2) is 12.4 Å². The minimum absolute atomic E-state index is 0.00862. The molecule has 0 saturated heterocycles. The van der Waals surface area contributed by atoms with Crippen LogP contribution in [0.2, 0.25) is 10.0 Å². The van der Waals surface area contributed by atoms with E-state index in [0.29, 0.717) is 16.1 Å². The second-order valence-corrected chi connectivity index (χ2v) is 4.68. The van der Waals surface area contributed by atoms with Crippen LogP contribution >= 0.6 is 23.2 Å². The van der Waals surface area contributed by atoms with Crippen LogP contribution < -0.4 is 4.74 Å². The van der Waals surface area contributed by atoms with E-state index >= 15 is 0 Å². The van der Waals surface area contributed by atoms with Gasteiger partial charge in [-0.25, -0.2) is 0 Å². The molecule has 104 valence electrons. The second-order valence-electron chi connectivity index (χ2n) is 3.86. The molecule has 2 aromatic rings. The number of benzene rings is 2. The molecule has 2 aromatic carbocycles. The Bertz CT molecular complexity index is 628. The van der Waals surface area contributed by atoms with Gasteiger partial charge in [0.15, 0.2) is 5.78 Å². The average molecular weight is 317 g/mol. The molecule has 0 aliphatic heterocycles. The van der Waals surface area contributed by atoms with E-state index in [1.54, 1.807) is 6.07 Å². The first-order chi connectivity index (χ1) is 9.47. The summed E-state index contributed by atoms with van der Waals surface area (Å²) in [6.45, 7) is -2.90. The lowest BCUT2D eigenvalue weighted by Gasteiger charge is -2.06. The standard InChI is InChI=1S/C14H8Cl2F2O2/c15-11-6-3-9(7-12(11)16)13(19)8-1-4-10(5-2-8)20-14(17)18/h1-7,14H. The number of ether oxygens (including phenoxy) is 1. The number of hydrogen-bond donors (Lipinski definition) is 0. The van der Waals surface area contributed by atoms with Crippen molar-refractivity contribution in [3.63, 3.8) is 0 Å². The molecule has 0 atom stereocenters. The minimum atomic E-state index is -2.90. The van der Waals surface area contributed by atoms with Gasteiger partial charge in [0.25, 0.3) is 0 Å². The summed E-state index contributed by atoms with van der Waals surface area (Å²) >= 11 is 11.6. The van der Waals surface area contributed by atoms with E-state index in [2.05, 4.69) is 4.74 Å². The van der Waals surface area contributed by atoms with Gasteiger partial charge < -0.3 is 4.74 Å². The summed E-state index contributed by atoms with van der Waals surface area (Å²) in [6.07, 6.45) is 0. The van der Waals surface area contributed by atoms with Crippen molar-refractivity contribution in [1.29, 1.82) is 0 Å². The van der Waals surface area contributed by atoms with Crippen LogP contribution in [0, 0.1) is 0 Å². The van der Waals surface area contributed by atoms with E-state index in [-0.39, 0.29) is 16.6 Å². The van der Waals surface area contributed by atoms with Gasteiger partial charge in [0.1, 0.15) is 5.75 Å². The van der Waals surface area contributed by atoms with Gasteiger partial charge in [-0.3, -0.25) is 4.79 Å². The molecular weight excluding hydrogens is 309 g/mol. The topological polar surface area (TPSA) is 26.3 Å². The predicted octanol–water partition coefficient (Wildman–Crippen LogP) is 4.83. The van der Waals surface area contributed by atoms with Gasteiger partial charge in [-0.1, -0.05) is 23.2 Å². The Morgan fingerprint density at radius 3 is 2.10 bits per heavy atom. The summed E-state index contributed by atoms with van der Waals surface area (Å²) in [5.74, 6) is -0.294. The molecule has 0 N–H and O–H groups in total. The third-order valence-corrected chi connectivity index (χ3v) is 3.26. The number of carbonyl (C=O) groups is 1. The molecule has 0 amide bonds. The zero-order valence-corrected chi connectivity index (χ0v) is 11.5. The van der Waals surface area contributed by atoms with Crippen LogP contribution in [0.1, 0.15) is 15.9 Å². The lowest BCUT2D eigenvalue weighted by Crippen LogP contribution is -2.04. The maximum absolute atomic E-state index is 12.2. The normalized spacial score (nSPS) is 10.7. The Kier molecular flexibility index (Phi) is 4.57. The molecule has 0 unspecified atom stereocenters. The number of alkyl halides is 2. The molecule has 2 rings (SSSR count). The number of carbonyl (C=O) groups excluding carboxylic acids is 1. The number of hydrogen-bond acceptors (Lipinski definition) is 2. The Balaban J connectivity index is 2.22. The van der Waals surface area contributed by atoms with Crippen LogP contribution in [0.3, 0.4) is 0 Å². The van der Waals surface area contributed by atoms with Gasteiger partial charge in [0.05, 0.1) is 10.0 Å². The van der Waals surface area contributed by atoms with Crippen LogP contribution in [-0.2, 0) is 0 Å². The van der Waals surface area contributed by atoms with Crippen molar-refractivity contribution in [2.45, 2.75) is 6.61 Å². The van der Waals surface area contributed by atoms with E-state index in [4.69, 9.17) is 23.2 Å². The van der Waals surface area contributed by atoms with Gasteiger partial charge in [-0.15, -0.1) is 0 Å². The third kappa shape index (κ3) is 3.46. The number of rotatable bonds is 4. The van der Waals surface area contributed by atoms with Gasteiger partial charge in [0, 0.05) is 11.1 Å². The molecule has 0 heterocycles. The van der Waals surface area contributed by atoms with Crippen molar-refractivity contribution in [3.8, 4) is 5.75 Å². The molecule has 0 aliphatic rings. The van der Waals surface area contributed by atoms with Crippen LogP contribution in [0.25, 0.3) is 0 Å². The first-order valence-corrected chi connectivity index (χ1v) is 6.27. The summed E-state index contributed by atoms with van der Waals surface area (Å²) in [5, 5.41) is 0.624. The largest absolute Gasteiger partial charge is 0.435 e. The average Bonchev–Trinajstić information content (AvgIpc) is 2.41. The molecule has 6 heteroatoms. The second kappa shape index (κ2) is 6.20. The first kappa shape index (κ1) is 14.8. The van der Waals surface area contributed by atoms with Gasteiger partial charge >= 0.3 is 6.61 Å². The molecule has 0 spiro atoms. The third-order valence-electron chi connectivity index (χ3n) is 2.52. The summed E-state index contributed by atoms with van der Waals surface area (Å²) in [4.78, 5) is 12.2. The van der Waals surface area contributed by atoms with E-state index in [0.717, 1.165) is 0 Å². The molecule has 0 aliphatic carbocycles. The molecular formula is C14H8Cl2F2O2. The number of halogens is 4. The molecule has 0 aromatic heterocycles. The maximum Gasteiger partial charge on any atom is 0.387 e.